The molecule has 1 saturated carbocycles. The van der Waals surface area contributed by atoms with E-state index in [4.69, 9.17) is 0 Å². The van der Waals surface area contributed by atoms with Crippen LogP contribution in [-0.2, 0) is 38.8 Å². The van der Waals surface area contributed by atoms with Gasteiger partial charge in [-0.1, -0.05) is 38.0 Å². The summed E-state index contributed by atoms with van der Waals surface area (Å²) >= 11 is 0. The summed E-state index contributed by atoms with van der Waals surface area (Å²) in [5.41, 5.74) is 0.866. The normalized spacial score (nSPS) is 20.6. The summed E-state index contributed by atoms with van der Waals surface area (Å²) in [5.74, 6) is 0.247. The van der Waals surface area contributed by atoms with E-state index in [1.807, 2.05) is 0 Å². The maximum atomic E-state index is 14.2. The van der Waals surface area contributed by atoms with E-state index in [-0.39, 0.29) is 44.0 Å². The molecule has 5 heteroatoms. The van der Waals surface area contributed by atoms with Crippen molar-refractivity contribution in [3.05, 3.63) is 65.5 Å². The molecule has 128 valence electrons. The molecule has 0 aromatic heterocycles. The van der Waals surface area contributed by atoms with E-state index < -0.39 is 11.9 Å². The van der Waals surface area contributed by atoms with Crippen molar-refractivity contribution in [3.8, 4) is 5.75 Å². The minimum atomic E-state index is -3.51. The Labute approximate surface area is 171 Å². The van der Waals surface area contributed by atoms with E-state index in [1.54, 1.807) is 12.1 Å². The molecular formula is C20H20F3OY+2. The van der Waals surface area contributed by atoms with Crippen LogP contribution >= 0.6 is 0 Å². The first-order valence-electron chi connectivity index (χ1n) is 8.28. The fourth-order valence-electron chi connectivity index (χ4n) is 3.23. The van der Waals surface area contributed by atoms with Gasteiger partial charge in [0, 0.05) is 11.6 Å². The largest absolute Gasteiger partial charge is 3.00 e. The van der Waals surface area contributed by atoms with Crippen LogP contribution in [0.2, 0.25) is 0 Å². The van der Waals surface area contributed by atoms with Crippen LogP contribution in [0, 0.1) is 17.8 Å². The van der Waals surface area contributed by atoms with Crippen molar-refractivity contribution in [2.45, 2.75) is 44.6 Å². The number of halogens is 3. The Morgan fingerprint density at radius 3 is 2.28 bits per heavy atom. The van der Waals surface area contributed by atoms with Gasteiger partial charge in [0.1, 0.15) is 0 Å². The fourth-order valence-corrected chi connectivity index (χ4v) is 3.23. The Morgan fingerprint density at radius 1 is 1.04 bits per heavy atom. The molecular weight excluding hydrogens is 402 g/mol. The van der Waals surface area contributed by atoms with Gasteiger partial charge in [-0.25, -0.2) is 4.39 Å². The van der Waals surface area contributed by atoms with E-state index in [2.05, 4.69) is 17.7 Å². The van der Waals surface area contributed by atoms with Crippen molar-refractivity contribution in [1.29, 1.82) is 0 Å². The van der Waals surface area contributed by atoms with Gasteiger partial charge >= 0.3 is 38.8 Å². The van der Waals surface area contributed by atoms with Crippen LogP contribution in [0.25, 0.3) is 0 Å². The third kappa shape index (κ3) is 5.30. The summed E-state index contributed by atoms with van der Waals surface area (Å²) in [6, 6.07) is 11.9. The van der Waals surface area contributed by atoms with Crippen LogP contribution in [0.5, 0.6) is 5.75 Å². The van der Waals surface area contributed by atoms with E-state index in [1.165, 1.54) is 37.1 Å². The van der Waals surface area contributed by atoms with Gasteiger partial charge < -0.3 is 4.74 Å². The van der Waals surface area contributed by atoms with Gasteiger partial charge in [-0.3, -0.25) is 0 Å². The number of hydrogen-bond acceptors (Lipinski definition) is 1. The van der Waals surface area contributed by atoms with Crippen LogP contribution in [0.4, 0.5) is 13.2 Å². The van der Waals surface area contributed by atoms with Gasteiger partial charge in [0.2, 0.25) is 0 Å². The van der Waals surface area contributed by atoms with Gasteiger partial charge in [0.15, 0.2) is 0 Å². The molecule has 0 N–H and O–H groups in total. The second-order valence-corrected chi connectivity index (χ2v) is 6.57. The third-order valence-electron chi connectivity index (χ3n) is 4.72. The average molecular weight is 422 g/mol. The molecule has 1 nitrogen and oxygen atoms in total. The SMILES string of the molecule is CC1CCC(c2ccc(C(F)(F)Oc3cc[c-]c(F)c3)cc2)CC1.[Y+3]. The Kier molecular flexibility index (Phi) is 7.10. The van der Waals surface area contributed by atoms with Crippen LogP contribution in [0.15, 0.2) is 42.5 Å². The Bertz CT molecular complexity index is 680. The summed E-state index contributed by atoms with van der Waals surface area (Å²) in [7, 11) is 0. The zero-order valence-electron chi connectivity index (χ0n) is 14.1. The molecule has 0 radical (unpaired) electrons. The van der Waals surface area contributed by atoms with Crippen LogP contribution in [0.1, 0.15) is 49.7 Å². The minimum absolute atomic E-state index is 0. The maximum absolute atomic E-state index is 14.2. The number of ether oxygens (including phenoxy) is 1. The molecule has 0 unspecified atom stereocenters. The predicted molar refractivity (Wildman–Crippen MR) is 86.6 cm³/mol. The van der Waals surface area contributed by atoms with E-state index in [0.717, 1.165) is 30.4 Å². The molecule has 0 saturated heterocycles. The zero-order valence-corrected chi connectivity index (χ0v) is 17.0. The molecule has 0 spiro atoms. The molecule has 0 aliphatic heterocycles. The van der Waals surface area contributed by atoms with E-state index in [9.17, 15) is 13.2 Å². The minimum Gasteiger partial charge on any atom is -0.455 e. The first-order valence-corrected chi connectivity index (χ1v) is 8.28. The number of rotatable bonds is 4. The second-order valence-electron chi connectivity index (χ2n) is 6.57. The van der Waals surface area contributed by atoms with Gasteiger partial charge in [-0.15, -0.1) is 12.1 Å². The standard InChI is InChI=1S/C20H20F3O.Y/c1-14-5-7-15(8-6-14)16-9-11-17(12-10-16)20(22,23)24-19-4-2-3-18(21)13-19;/h2,4,9-15H,5-8H2,1H3;/q-1;+3. The molecule has 0 amide bonds. The number of alkyl halides is 2. The third-order valence-corrected chi connectivity index (χ3v) is 4.72. The monoisotopic (exact) mass is 422 g/mol. The smallest absolute Gasteiger partial charge is 0.455 e. The summed E-state index contributed by atoms with van der Waals surface area (Å²) in [5, 5.41) is 0. The van der Waals surface area contributed by atoms with Crippen LogP contribution in [0.3, 0.4) is 0 Å². The Morgan fingerprint density at radius 2 is 1.68 bits per heavy atom. The van der Waals surface area contributed by atoms with E-state index >= 15 is 0 Å². The van der Waals surface area contributed by atoms with Gasteiger partial charge in [-0.05, 0) is 42.4 Å². The van der Waals surface area contributed by atoms with Crippen molar-refractivity contribution in [2.75, 3.05) is 0 Å². The Hall–Kier alpha value is -0.866. The summed E-state index contributed by atoms with van der Waals surface area (Å²) in [4.78, 5) is 0. The molecule has 1 aliphatic rings. The molecule has 0 atom stereocenters. The molecule has 0 bridgehead atoms. The van der Waals surface area contributed by atoms with Gasteiger partial charge in [0.25, 0.3) is 0 Å². The van der Waals surface area contributed by atoms with Crippen molar-refractivity contribution in [1.82, 2.24) is 0 Å². The summed E-state index contributed by atoms with van der Waals surface area (Å²) in [6.07, 6.45) is 1.07. The number of hydrogen-bond donors (Lipinski definition) is 0. The topological polar surface area (TPSA) is 9.23 Å². The van der Waals surface area contributed by atoms with Crippen molar-refractivity contribution < 1.29 is 50.6 Å². The fraction of sp³-hybridized carbons (Fsp3) is 0.400. The van der Waals surface area contributed by atoms with Gasteiger partial charge in [0.05, 0.1) is 5.56 Å². The summed E-state index contributed by atoms with van der Waals surface area (Å²) < 4.78 is 46.2. The summed E-state index contributed by atoms with van der Waals surface area (Å²) in [6.45, 7) is 2.25. The second kappa shape index (κ2) is 8.68. The van der Waals surface area contributed by atoms with Crippen molar-refractivity contribution in [2.24, 2.45) is 5.92 Å². The predicted octanol–water partition coefficient (Wildman–Crippen LogP) is 6.05. The van der Waals surface area contributed by atoms with Gasteiger partial charge in [-0.2, -0.15) is 14.8 Å². The van der Waals surface area contributed by atoms with Crippen LogP contribution in [-0.4, -0.2) is 0 Å². The average Bonchev–Trinajstić information content (AvgIpc) is 2.55. The molecule has 25 heavy (non-hydrogen) atoms. The molecule has 0 heterocycles. The first kappa shape index (κ1) is 20.4. The molecule has 2 aromatic rings. The number of benzene rings is 2. The quantitative estimate of drug-likeness (QED) is 0.546. The van der Waals surface area contributed by atoms with Crippen molar-refractivity contribution >= 4 is 0 Å². The maximum Gasteiger partial charge on any atom is 3.00 e. The van der Waals surface area contributed by atoms with E-state index in [0.29, 0.717) is 5.92 Å². The molecule has 1 aliphatic carbocycles. The molecule has 1 fully saturated rings. The van der Waals surface area contributed by atoms with Crippen molar-refractivity contribution in [3.63, 3.8) is 0 Å². The Balaban J connectivity index is 0.00000225. The zero-order chi connectivity index (χ0) is 17.2. The molecule has 2 aromatic carbocycles. The van der Waals surface area contributed by atoms with Crippen LogP contribution < -0.4 is 4.74 Å². The first-order chi connectivity index (χ1) is 11.4. The molecule has 3 rings (SSSR count).